The molecule has 0 spiro atoms. The molecule has 0 saturated carbocycles. The topological polar surface area (TPSA) is 42.2 Å². The fourth-order valence-electron chi connectivity index (χ4n) is 2.14. The van der Waals surface area contributed by atoms with Gasteiger partial charge in [0.05, 0.1) is 13.5 Å². The van der Waals surface area contributed by atoms with E-state index in [0.29, 0.717) is 19.5 Å². The Morgan fingerprint density at radius 2 is 1.82 bits per heavy atom. The average molecular weight is 299 g/mol. The maximum atomic E-state index is 11.8. The van der Waals surface area contributed by atoms with Crippen LogP contribution in [0.5, 0.6) is 5.75 Å². The Balaban J connectivity index is 1.67. The van der Waals surface area contributed by atoms with Gasteiger partial charge in [-0.05, 0) is 36.6 Å². The van der Waals surface area contributed by atoms with E-state index in [-0.39, 0.29) is 5.91 Å². The number of hydrogen-bond donors (Lipinski definition) is 1. The van der Waals surface area contributed by atoms with Crippen LogP contribution in [0.4, 0.5) is 0 Å². The van der Waals surface area contributed by atoms with E-state index in [0.717, 1.165) is 12.2 Å². The fourth-order valence-corrected chi connectivity index (χ4v) is 2.14. The molecule has 0 aliphatic heterocycles. The predicted octanol–water partition coefficient (Wildman–Crippen LogP) is 2.04. The van der Waals surface area contributed by atoms with Crippen molar-refractivity contribution in [2.24, 2.45) is 0 Å². The number of carbonyl (C=O) groups excluding carboxylic acids is 1. The Bertz CT molecular complexity index is 591. The van der Waals surface area contributed by atoms with Crippen LogP contribution < -0.4 is 14.6 Å². The number of hydrogen-bond acceptors (Lipinski definition) is 2. The van der Waals surface area contributed by atoms with Crippen molar-refractivity contribution >= 4 is 5.91 Å². The molecule has 1 amide bonds. The Labute approximate surface area is 131 Å². The zero-order chi connectivity index (χ0) is 15.8. The predicted molar refractivity (Wildman–Crippen MR) is 85.7 cm³/mol. The van der Waals surface area contributed by atoms with Crippen molar-refractivity contribution in [1.82, 2.24) is 5.32 Å². The Kier molecular flexibility index (Phi) is 5.95. The third kappa shape index (κ3) is 5.20. The van der Waals surface area contributed by atoms with Crippen LogP contribution in [-0.4, -0.2) is 19.6 Å². The first-order chi connectivity index (χ1) is 10.7. The number of amides is 1. The van der Waals surface area contributed by atoms with Crippen molar-refractivity contribution in [1.29, 1.82) is 0 Å². The molecule has 2 rings (SSSR count). The fraction of sp³-hybridized carbons (Fsp3) is 0.333. The molecule has 0 saturated heterocycles. The SMILES string of the molecule is COc1ccc(CCNC(=O)CC[n+]2ccc(C)cc2)cc1. The quantitative estimate of drug-likeness (QED) is 0.795. The maximum absolute atomic E-state index is 11.8. The second-order valence-electron chi connectivity index (χ2n) is 5.31. The van der Waals surface area contributed by atoms with Crippen LogP contribution in [0.1, 0.15) is 17.5 Å². The molecule has 0 atom stereocenters. The van der Waals surface area contributed by atoms with Gasteiger partial charge in [-0.3, -0.25) is 4.79 Å². The summed E-state index contributed by atoms with van der Waals surface area (Å²) in [5.74, 6) is 0.935. The van der Waals surface area contributed by atoms with E-state index in [2.05, 4.69) is 12.2 Å². The van der Waals surface area contributed by atoms with Gasteiger partial charge in [-0.15, -0.1) is 0 Å². The summed E-state index contributed by atoms with van der Waals surface area (Å²) in [6.07, 6.45) is 5.32. The number of rotatable bonds is 7. The normalized spacial score (nSPS) is 10.3. The summed E-state index contributed by atoms with van der Waals surface area (Å²) in [6, 6.07) is 12.0. The van der Waals surface area contributed by atoms with Gasteiger partial charge in [-0.1, -0.05) is 12.1 Å². The van der Waals surface area contributed by atoms with Crippen molar-refractivity contribution in [3.63, 3.8) is 0 Å². The van der Waals surface area contributed by atoms with E-state index in [1.807, 2.05) is 53.4 Å². The Morgan fingerprint density at radius 3 is 2.45 bits per heavy atom. The lowest BCUT2D eigenvalue weighted by atomic mass is 10.1. The molecule has 0 bridgehead atoms. The number of nitrogens with one attached hydrogen (secondary N) is 1. The number of pyridine rings is 1. The molecule has 2 aromatic rings. The van der Waals surface area contributed by atoms with Gasteiger partial charge in [0, 0.05) is 18.7 Å². The van der Waals surface area contributed by atoms with Gasteiger partial charge in [0.1, 0.15) is 5.75 Å². The van der Waals surface area contributed by atoms with Crippen LogP contribution in [0.25, 0.3) is 0 Å². The van der Waals surface area contributed by atoms with Crippen LogP contribution in [0, 0.1) is 6.92 Å². The second kappa shape index (κ2) is 8.17. The highest BCUT2D eigenvalue weighted by atomic mass is 16.5. The number of carbonyl (C=O) groups is 1. The second-order valence-corrected chi connectivity index (χ2v) is 5.31. The smallest absolute Gasteiger partial charge is 0.226 e. The summed E-state index contributed by atoms with van der Waals surface area (Å²) in [7, 11) is 1.65. The molecule has 0 fully saturated rings. The van der Waals surface area contributed by atoms with E-state index in [4.69, 9.17) is 4.74 Å². The van der Waals surface area contributed by atoms with Crippen LogP contribution in [0.3, 0.4) is 0 Å². The van der Waals surface area contributed by atoms with Crippen LogP contribution in [0.2, 0.25) is 0 Å². The third-order valence-electron chi connectivity index (χ3n) is 3.55. The monoisotopic (exact) mass is 299 g/mol. The first-order valence-electron chi connectivity index (χ1n) is 7.53. The molecule has 1 N–H and O–H groups in total. The van der Waals surface area contributed by atoms with E-state index in [1.54, 1.807) is 7.11 Å². The lowest BCUT2D eigenvalue weighted by molar-refractivity contribution is -0.695. The van der Waals surface area contributed by atoms with Crippen molar-refractivity contribution in [3.8, 4) is 5.75 Å². The van der Waals surface area contributed by atoms with Crippen LogP contribution in [-0.2, 0) is 17.8 Å². The Morgan fingerprint density at radius 1 is 1.14 bits per heavy atom. The van der Waals surface area contributed by atoms with E-state index in [9.17, 15) is 4.79 Å². The number of aromatic nitrogens is 1. The zero-order valence-corrected chi connectivity index (χ0v) is 13.2. The zero-order valence-electron chi connectivity index (χ0n) is 13.2. The molecule has 1 aromatic carbocycles. The van der Waals surface area contributed by atoms with E-state index in [1.165, 1.54) is 11.1 Å². The summed E-state index contributed by atoms with van der Waals surface area (Å²) in [4.78, 5) is 11.8. The molecule has 4 nitrogen and oxygen atoms in total. The van der Waals surface area contributed by atoms with Gasteiger partial charge in [0.2, 0.25) is 5.91 Å². The largest absolute Gasteiger partial charge is 0.497 e. The maximum Gasteiger partial charge on any atom is 0.226 e. The first kappa shape index (κ1) is 16.0. The number of aryl methyl sites for hydroxylation is 2. The molecular weight excluding hydrogens is 276 g/mol. The van der Waals surface area contributed by atoms with Gasteiger partial charge >= 0.3 is 0 Å². The Hall–Kier alpha value is -2.36. The third-order valence-corrected chi connectivity index (χ3v) is 3.55. The molecule has 1 aromatic heterocycles. The highest BCUT2D eigenvalue weighted by Crippen LogP contribution is 2.11. The summed E-state index contributed by atoms with van der Waals surface area (Å²) < 4.78 is 7.15. The highest BCUT2D eigenvalue weighted by molar-refractivity contribution is 5.75. The molecule has 0 aliphatic carbocycles. The van der Waals surface area contributed by atoms with Crippen molar-refractivity contribution in [2.45, 2.75) is 26.3 Å². The lowest BCUT2D eigenvalue weighted by Gasteiger charge is -2.05. The molecular formula is C18H23N2O2+. The van der Waals surface area contributed by atoms with Gasteiger partial charge in [0.15, 0.2) is 18.9 Å². The van der Waals surface area contributed by atoms with Gasteiger partial charge < -0.3 is 10.1 Å². The molecule has 116 valence electrons. The number of ether oxygens (including phenoxy) is 1. The molecule has 0 aliphatic rings. The molecule has 0 radical (unpaired) electrons. The molecule has 1 heterocycles. The van der Waals surface area contributed by atoms with Crippen molar-refractivity contribution in [2.75, 3.05) is 13.7 Å². The number of methoxy groups -OCH3 is 1. The van der Waals surface area contributed by atoms with Gasteiger partial charge in [-0.25, -0.2) is 4.57 Å². The van der Waals surface area contributed by atoms with Crippen molar-refractivity contribution in [3.05, 3.63) is 59.9 Å². The average Bonchev–Trinajstić information content (AvgIpc) is 2.55. The first-order valence-corrected chi connectivity index (χ1v) is 7.53. The standard InChI is InChI=1S/C18H22N2O2/c1-15-8-12-20(13-9-15)14-10-18(21)19-11-7-16-3-5-17(22-2)6-4-16/h3-6,8-9,12-13H,7,10-11,14H2,1-2H3/p+1. The minimum absolute atomic E-state index is 0.0848. The van der Waals surface area contributed by atoms with E-state index < -0.39 is 0 Å². The molecule has 0 unspecified atom stereocenters. The summed E-state index contributed by atoms with van der Waals surface area (Å²) in [6.45, 7) is 3.41. The van der Waals surface area contributed by atoms with Crippen molar-refractivity contribution < 1.29 is 14.1 Å². The number of nitrogens with zero attached hydrogens (tertiary/aromatic N) is 1. The van der Waals surface area contributed by atoms with Gasteiger partial charge in [0.25, 0.3) is 0 Å². The van der Waals surface area contributed by atoms with Crippen LogP contribution >= 0.6 is 0 Å². The minimum Gasteiger partial charge on any atom is -0.497 e. The molecule has 22 heavy (non-hydrogen) atoms. The summed E-state index contributed by atoms with van der Waals surface area (Å²) in [5, 5.41) is 2.96. The van der Waals surface area contributed by atoms with Gasteiger partial charge in [-0.2, -0.15) is 0 Å². The highest BCUT2D eigenvalue weighted by Gasteiger charge is 2.06. The molecule has 4 heteroatoms. The number of benzene rings is 1. The minimum atomic E-state index is 0.0848. The van der Waals surface area contributed by atoms with Crippen LogP contribution in [0.15, 0.2) is 48.8 Å². The summed E-state index contributed by atoms with van der Waals surface area (Å²) >= 11 is 0. The lowest BCUT2D eigenvalue weighted by Crippen LogP contribution is -2.36. The van der Waals surface area contributed by atoms with E-state index >= 15 is 0 Å². The summed E-state index contributed by atoms with van der Waals surface area (Å²) in [5.41, 5.74) is 2.41.